The first kappa shape index (κ1) is 17.3. The molecule has 0 saturated heterocycles. The molecule has 3 rings (SSSR count). The molecule has 1 amide bonds. The summed E-state index contributed by atoms with van der Waals surface area (Å²) in [6, 6.07) is 7.47. The molecule has 5 nitrogen and oxygen atoms in total. The van der Waals surface area contributed by atoms with Gasteiger partial charge in [0.2, 0.25) is 4.69 Å². The second-order valence-corrected chi connectivity index (χ2v) is 5.83. The summed E-state index contributed by atoms with van der Waals surface area (Å²) < 4.78 is 48.3. The van der Waals surface area contributed by atoms with Crippen molar-refractivity contribution >= 4 is 32.2 Å². The summed E-state index contributed by atoms with van der Waals surface area (Å²) in [4.78, 5) is 24.8. The number of halogens is 4. The third kappa shape index (κ3) is 3.19. The van der Waals surface area contributed by atoms with Crippen LogP contribution >= 0.6 is 15.9 Å². The zero-order valence-corrected chi connectivity index (χ0v) is 14.1. The van der Waals surface area contributed by atoms with Crippen LogP contribution in [0, 0.1) is 5.82 Å². The molecule has 0 spiro atoms. The quantitative estimate of drug-likeness (QED) is 0.712. The first-order chi connectivity index (χ1) is 11.7. The number of ether oxygens (including phenoxy) is 2. The van der Waals surface area contributed by atoms with Gasteiger partial charge in [0.1, 0.15) is 0 Å². The van der Waals surface area contributed by atoms with Crippen molar-refractivity contribution in [1.29, 1.82) is 0 Å². The van der Waals surface area contributed by atoms with Gasteiger partial charge in [0.15, 0.2) is 17.3 Å². The number of benzene rings is 2. The average molecular weight is 416 g/mol. The summed E-state index contributed by atoms with van der Waals surface area (Å²) in [5.74, 6) is -2.07. The van der Waals surface area contributed by atoms with E-state index in [2.05, 4.69) is 25.4 Å². The summed E-state index contributed by atoms with van der Waals surface area (Å²) in [5, 5.41) is 0. The topological polar surface area (TPSA) is 55.8 Å². The first-order valence-electron chi connectivity index (χ1n) is 6.86. The van der Waals surface area contributed by atoms with E-state index in [0.717, 1.165) is 17.0 Å². The lowest BCUT2D eigenvalue weighted by Crippen LogP contribution is -2.27. The molecule has 1 heterocycles. The van der Waals surface area contributed by atoms with E-state index in [-0.39, 0.29) is 28.3 Å². The number of rotatable bonds is 3. The Balaban J connectivity index is 1.92. The summed E-state index contributed by atoms with van der Waals surface area (Å²) >= 11 is 2.66. The molecule has 0 fully saturated rings. The van der Waals surface area contributed by atoms with E-state index in [9.17, 15) is 22.8 Å². The van der Waals surface area contributed by atoms with Gasteiger partial charge in [-0.15, -0.1) is 8.78 Å². The number of nitrogens with zero attached hydrogens (tertiary/aromatic N) is 1. The van der Waals surface area contributed by atoms with Crippen LogP contribution in [0.2, 0.25) is 0 Å². The number of alkyl halides is 2. The molecule has 1 aliphatic rings. The second kappa shape index (κ2) is 6.07. The van der Waals surface area contributed by atoms with E-state index in [1.54, 1.807) is 0 Å². The van der Waals surface area contributed by atoms with Crippen LogP contribution in [0.3, 0.4) is 0 Å². The Hall–Kier alpha value is -2.55. The van der Waals surface area contributed by atoms with E-state index in [1.807, 2.05) is 0 Å². The summed E-state index contributed by atoms with van der Waals surface area (Å²) in [7, 11) is 1.29. The van der Waals surface area contributed by atoms with Crippen LogP contribution in [0.25, 0.3) is 0 Å². The van der Waals surface area contributed by atoms with E-state index in [1.165, 1.54) is 31.3 Å². The number of amides is 1. The average Bonchev–Trinajstić information content (AvgIpc) is 2.86. The number of carbonyl (C=O) groups is 2. The SMILES string of the molecule is CN(C(=O)c1ccc2c(c1)OC(F)(F)O2)c1cccc(C(=O)Br)c1F. The molecule has 0 saturated carbocycles. The van der Waals surface area contributed by atoms with Gasteiger partial charge in [-0.1, -0.05) is 6.07 Å². The molecule has 1 aliphatic heterocycles. The monoisotopic (exact) mass is 415 g/mol. The molecule has 0 aromatic heterocycles. The third-order valence-electron chi connectivity index (χ3n) is 3.50. The van der Waals surface area contributed by atoms with Crippen LogP contribution in [0.4, 0.5) is 18.9 Å². The van der Waals surface area contributed by atoms with Gasteiger partial charge in [-0.05, 0) is 46.3 Å². The predicted octanol–water partition coefficient (Wildman–Crippen LogP) is 3.96. The maximum Gasteiger partial charge on any atom is 0.586 e. The number of carbonyl (C=O) groups excluding carboxylic acids is 2. The Morgan fingerprint density at radius 3 is 2.48 bits per heavy atom. The number of anilines is 1. The van der Waals surface area contributed by atoms with Crippen LogP contribution in [-0.2, 0) is 0 Å². The Labute approximate surface area is 148 Å². The number of hydrogen-bond acceptors (Lipinski definition) is 4. The van der Waals surface area contributed by atoms with Gasteiger partial charge in [-0.25, -0.2) is 4.39 Å². The lowest BCUT2D eigenvalue weighted by atomic mass is 10.1. The zero-order valence-electron chi connectivity index (χ0n) is 12.6. The second-order valence-electron chi connectivity index (χ2n) is 5.11. The van der Waals surface area contributed by atoms with Gasteiger partial charge in [0.25, 0.3) is 5.91 Å². The van der Waals surface area contributed by atoms with E-state index >= 15 is 0 Å². The van der Waals surface area contributed by atoms with Crippen molar-refractivity contribution in [3.8, 4) is 11.5 Å². The lowest BCUT2D eigenvalue weighted by molar-refractivity contribution is -0.286. The lowest BCUT2D eigenvalue weighted by Gasteiger charge is -2.19. The smallest absolute Gasteiger partial charge is 0.395 e. The van der Waals surface area contributed by atoms with E-state index in [0.29, 0.717) is 0 Å². The highest BCUT2D eigenvalue weighted by Crippen LogP contribution is 2.41. The summed E-state index contributed by atoms with van der Waals surface area (Å²) in [6.45, 7) is 0. The molecule has 0 unspecified atom stereocenters. The van der Waals surface area contributed by atoms with Crippen LogP contribution < -0.4 is 14.4 Å². The van der Waals surface area contributed by atoms with Gasteiger partial charge < -0.3 is 14.4 Å². The first-order valence-corrected chi connectivity index (χ1v) is 7.65. The maximum atomic E-state index is 14.4. The molecule has 0 N–H and O–H groups in total. The van der Waals surface area contributed by atoms with Crippen LogP contribution in [-0.4, -0.2) is 23.9 Å². The highest BCUT2D eigenvalue weighted by molar-refractivity contribution is 9.18. The predicted molar refractivity (Wildman–Crippen MR) is 85.0 cm³/mol. The molecule has 25 heavy (non-hydrogen) atoms. The Bertz CT molecular complexity index is 888. The highest BCUT2D eigenvalue weighted by atomic mass is 79.9. The molecule has 0 radical (unpaired) electrons. The Morgan fingerprint density at radius 2 is 1.80 bits per heavy atom. The van der Waals surface area contributed by atoms with Crippen molar-refractivity contribution in [1.82, 2.24) is 0 Å². The van der Waals surface area contributed by atoms with Crippen LogP contribution in [0.1, 0.15) is 20.7 Å². The van der Waals surface area contributed by atoms with Crippen molar-refractivity contribution in [3.05, 3.63) is 53.3 Å². The van der Waals surface area contributed by atoms with Crippen LogP contribution in [0.15, 0.2) is 36.4 Å². The fraction of sp³-hybridized carbons (Fsp3) is 0.125. The fourth-order valence-electron chi connectivity index (χ4n) is 2.32. The van der Waals surface area contributed by atoms with E-state index < -0.39 is 22.7 Å². The molecule has 130 valence electrons. The minimum atomic E-state index is -3.80. The number of fused-ring (bicyclic) bond motifs is 1. The van der Waals surface area contributed by atoms with Gasteiger partial charge in [0.05, 0.1) is 11.3 Å². The number of hydrogen-bond donors (Lipinski definition) is 0. The summed E-state index contributed by atoms with van der Waals surface area (Å²) in [5.41, 5.74) is -0.390. The minimum Gasteiger partial charge on any atom is -0.395 e. The van der Waals surface area contributed by atoms with Crippen molar-refractivity contribution in [2.45, 2.75) is 6.29 Å². The molecule has 2 aromatic rings. The molecule has 0 aliphatic carbocycles. The standard InChI is InChI=1S/C16H9BrF3NO4/c1-21(10-4-2-3-9(13(10)18)14(17)22)15(23)8-5-6-11-12(7-8)25-16(19,20)24-11/h2-7H,1H3. The van der Waals surface area contributed by atoms with Gasteiger partial charge in [0, 0.05) is 12.6 Å². The van der Waals surface area contributed by atoms with Crippen LogP contribution in [0.5, 0.6) is 11.5 Å². The normalized spacial score (nSPS) is 14.3. The van der Waals surface area contributed by atoms with Gasteiger partial charge in [-0.3, -0.25) is 9.59 Å². The minimum absolute atomic E-state index is 0.0162. The zero-order chi connectivity index (χ0) is 18.4. The third-order valence-corrected chi connectivity index (χ3v) is 3.93. The van der Waals surface area contributed by atoms with Crippen molar-refractivity contribution in [2.75, 3.05) is 11.9 Å². The Kier molecular flexibility index (Phi) is 4.19. The molecule has 9 heteroatoms. The molecule has 0 bridgehead atoms. The molecular weight excluding hydrogens is 407 g/mol. The maximum absolute atomic E-state index is 14.4. The van der Waals surface area contributed by atoms with Gasteiger partial charge in [-0.2, -0.15) is 0 Å². The van der Waals surface area contributed by atoms with E-state index in [4.69, 9.17) is 0 Å². The van der Waals surface area contributed by atoms with Crippen molar-refractivity contribution < 1.29 is 32.2 Å². The van der Waals surface area contributed by atoms with Crippen molar-refractivity contribution in [2.24, 2.45) is 0 Å². The molecule has 0 atom stereocenters. The Morgan fingerprint density at radius 1 is 1.12 bits per heavy atom. The fourth-order valence-corrected chi connectivity index (χ4v) is 2.62. The highest BCUT2D eigenvalue weighted by Gasteiger charge is 2.43. The van der Waals surface area contributed by atoms with Crippen molar-refractivity contribution in [3.63, 3.8) is 0 Å². The summed E-state index contributed by atoms with van der Waals surface area (Å²) in [6.07, 6.45) is -3.80. The molecule has 2 aromatic carbocycles. The molecular formula is C16H9BrF3NO4. The largest absolute Gasteiger partial charge is 0.586 e. The van der Waals surface area contributed by atoms with Gasteiger partial charge >= 0.3 is 6.29 Å².